The molecule has 0 aliphatic rings. The van der Waals surface area contributed by atoms with Gasteiger partial charge in [0.25, 0.3) is 0 Å². The van der Waals surface area contributed by atoms with Crippen LogP contribution in [0.1, 0.15) is 11.1 Å². The molecule has 0 aliphatic heterocycles. The fourth-order valence-electron chi connectivity index (χ4n) is 1.55. The van der Waals surface area contributed by atoms with E-state index in [2.05, 4.69) is 11.8 Å². The summed E-state index contributed by atoms with van der Waals surface area (Å²) in [5, 5.41) is 8.59. The molecule has 2 aromatic rings. The predicted molar refractivity (Wildman–Crippen MR) is 71.1 cm³/mol. The van der Waals surface area contributed by atoms with E-state index >= 15 is 0 Å². The Kier molecular flexibility index (Phi) is 4.54. The number of hydrogen-bond acceptors (Lipinski definition) is 2. The summed E-state index contributed by atoms with van der Waals surface area (Å²) in [5.74, 6) is 5.25. The molecule has 0 aliphatic carbocycles. The van der Waals surface area contributed by atoms with E-state index in [4.69, 9.17) is 9.84 Å². The van der Waals surface area contributed by atoms with Crippen molar-refractivity contribution < 1.29 is 14.2 Å². The molecular formula is C16H13FO2. The van der Waals surface area contributed by atoms with Crippen molar-refractivity contribution in [1.82, 2.24) is 0 Å². The molecule has 3 heteroatoms. The van der Waals surface area contributed by atoms with E-state index in [1.807, 2.05) is 24.3 Å². The van der Waals surface area contributed by atoms with Crippen LogP contribution in [-0.2, 0) is 6.61 Å². The second-order valence-corrected chi connectivity index (χ2v) is 3.88. The Hall–Kier alpha value is -2.31. The Bertz CT molecular complexity index is 594. The monoisotopic (exact) mass is 256 g/mol. The molecule has 2 nitrogen and oxygen atoms in total. The fourth-order valence-corrected chi connectivity index (χ4v) is 1.55. The van der Waals surface area contributed by atoms with Crippen molar-refractivity contribution in [1.29, 1.82) is 0 Å². The Labute approximate surface area is 111 Å². The molecule has 0 saturated carbocycles. The highest BCUT2D eigenvalue weighted by Crippen LogP contribution is 2.17. The minimum absolute atomic E-state index is 0.155. The summed E-state index contributed by atoms with van der Waals surface area (Å²) in [5.41, 5.74) is 1.75. The van der Waals surface area contributed by atoms with E-state index in [1.165, 1.54) is 6.07 Å². The fraction of sp³-hybridized carbons (Fsp3) is 0.125. The van der Waals surface area contributed by atoms with E-state index in [0.29, 0.717) is 6.61 Å². The molecule has 0 aromatic heterocycles. The number of halogens is 1. The quantitative estimate of drug-likeness (QED) is 0.856. The molecular weight excluding hydrogens is 243 g/mol. The smallest absolute Gasteiger partial charge is 0.165 e. The third kappa shape index (κ3) is 3.84. The van der Waals surface area contributed by atoms with E-state index < -0.39 is 0 Å². The SMILES string of the molecule is OCC#Cc1ccc(COc2ccccc2F)cc1. The van der Waals surface area contributed by atoms with Crippen LogP contribution in [0.4, 0.5) is 4.39 Å². The second kappa shape index (κ2) is 6.58. The van der Waals surface area contributed by atoms with Crippen molar-refractivity contribution >= 4 is 0 Å². The molecule has 96 valence electrons. The molecule has 1 N–H and O–H groups in total. The van der Waals surface area contributed by atoms with Crippen LogP contribution in [0, 0.1) is 17.7 Å². The van der Waals surface area contributed by atoms with Crippen LogP contribution >= 0.6 is 0 Å². The van der Waals surface area contributed by atoms with Gasteiger partial charge in [0.15, 0.2) is 11.6 Å². The maximum absolute atomic E-state index is 13.3. The van der Waals surface area contributed by atoms with Crippen molar-refractivity contribution in [3.63, 3.8) is 0 Å². The van der Waals surface area contributed by atoms with Crippen molar-refractivity contribution in [2.24, 2.45) is 0 Å². The van der Waals surface area contributed by atoms with Crippen LogP contribution in [0.3, 0.4) is 0 Å². The van der Waals surface area contributed by atoms with Gasteiger partial charge in [-0.15, -0.1) is 0 Å². The summed E-state index contributed by atoms with van der Waals surface area (Å²) < 4.78 is 18.7. The van der Waals surface area contributed by atoms with Gasteiger partial charge in [0.2, 0.25) is 0 Å². The van der Waals surface area contributed by atoms with Crippen molar-refractivity contribution in [3.8, 4) is 17.6 Å². The summed E-state index contributed by atoms with van der Waals surface area (Å²) in [7, 11) is 0. The van der Waals surface area contributed by atoms with Crippen LogP contribution in [0.5, 0.6) is 5.75 Å². The molecule has 0 bridgehead atoms. The van der Waals surface area contributed by atoms with Gasteiger partial charge in [0.05, 0.1) is 0 Å². The van der Waals surface area contributed by atoms with Crippen LogP contribution < -0.4 is 4.74 Å². The topological polar surface area (TPSA) is 29.5 Å². The van der Waals surface area contributed by atoms with E-state index in [9.17, 15) is 4.39 Å². The molecule has 0 radical (unpaired) electrons. The van der Waals surface area contributed by atoms with Crippen LogP contribution in [0.25, 0.3) is 0 Å². The highest BCUT2D eigenvalue weighted by atomic mass is 19.1. The Balaban J connectivity index is 1.99. The summed E-state index contributed by atoms with van der Waals surface area (Å²) in [4.78, 5) is 0. The van der Waals surface area contributed by atoms with Gasteiger partial charge < -0.3 is 9.84 Å². The number of aliphatic hydroxyl groups is 1. The van der Waals surface area contributed by atoms with E-state index in [0.717, 1.165) is 11.1 Å². The van der Waals surface area contributed by atoms with Gasteiger partial charge in [0.1, 0.15) is 13.2 Å². The number of hydrogen-bond donors (Lipinski definition) is 1. The van der Waals surface area contributed by atoms with Crippen LogP contribution in [-0.4, -0.2) is 11.7 Å². The van der Waals surface area contributed by atoms with Gasteiger partial charge in [-0.05, 0) is 29.8 Å². The first-order chi connectivity index (χ1) is 9.29. The highest BCUT2D eigenvalue weighted by molar-refractivity contribution is 5.36. The average Bonchev–Trinajstić information content (AvgIpc) is 2.45. The van der Waals surface area contributed by atoms with Crippen LogP contribution in [0.2, 0.25) is 0 Å². The Morgan fingerprint density at radius 2 is 1.79 bits per heavy atom. The van der Waals surface area contributed by atoms with Crippen molar-refractivity contribution in [3.05, 3.63) is 65.5 Å². The number of benzene rings is 2. The molecule has 0 atom stereocenters. The molecule has 0 amide bonds. The molecule has 0 heterocycles. The largest absolute Gasteiger partial charge is 0.486 e. The first-order valence-electron chi connectivity index (χ1n) is 5.85. The lowest BCUT2D eigenvalue weighted by atomic mass is 10.1. The maximum Gasteiger partial charge on any atom is 0.165 e. The van der Waals surface area contributed by atoms with Gasteiger partial charge in [-0.1, -0.05) is 36.1 Å². The zero-order valence-corrected chi connectivity index (χ0v) is 10.3. The molecule has 0 spiro atoms. The zero-order chi connectivity index (χ0) is 13.5. The first-order valence-corrected chi connectivity index (χ1v) is 5.85. The zero-order valence-electron chi connectivity index (χ0n) is 10.3. The van der Waals surface area contributed by atoms with E-state index in [-0.39, 0.29) is 18.2 Å². The molecule has 2 aromatic carbocycles. The minimum atomic E-state index is -0.368. The lowest BCUT2D eigenvalue weighted by Crippen LogP contribution is -1.97. The molecule has 0 unspecified atom stereocenters. The van der Waals surface area contributed by atoms with Gasteiger partial charge in [-0.3, -0.25) is 0 Å². The van der Waals surface area contributed by atoms with Crippen LogP contribution in [0.15, 0.2) is 48.5 Å². The minimum Gasteiger partial charge on any atom is -0.486 e. The Morgan fingerprint density at radius 1 is 1.05 bits per heavy atom. The van der Waals surface area contributed by atoms with Gasteiger partial charge >= 0.3 is 0 Å². The third-order valence-electron chi connectivity index (χ3n) is 2.50. The lowest BCUT2D eigenvalue weighted by molar-refractivity contribution is 0.290. The standard InChI is InChI=1S/C16H13FO2/c17-15-5-1-2-6-16(15)19-12-14-9-7-13(8-10-14)4-3-11-18/h1-2,5-10,18H,11-12H2. The maximum atomic E-state index is 13.3. The number of rotatable bonds is 3. The number of ether oxygens (including phenoxy) is 1. The van der Waals surface area contributed by atoms with Crippen molar-refractivity contribution in [2.45, 2.75) is 6.61 Å². The lowest BCUT2D eigenvalue weighted by Gasteiger charge is -2.07. The summed E-state index contributed by atoms with van der Waals surface area (Å²) in [6, 6.07) is 13.7. The van der Waals surface area contributed by atoms with Gasteiger partial charge in [-0.25, -0.2) is 4.39 Å². The summed E-state index contributed by atoms with van der Waals surface area (Å²) >= 11 is 0. The van der Waals surface area contributed by atoms with Gasteiger partial charge in [-0.2, -0.15) is 0 Å². The second-order valence-electron chi connectivity index (χ2n) is 3.88. The first kappa shape index (κ1) is 13.1. The molecule has 0 saturated heterocycles. The summed E-state index contributed by atoms with van der Waals surface area (Å²) in [6.45, 7) is 0.146. The predicted octanol–water partition coefficient (Wildman–Crippen LogP) is 2.75. The Morgan fingerprint density at radius 3 is 2.47 bits per heavy atom. The van der Waals surface area contributed by atoms with E-state index in [1.54, 1.807) is 18.2 Å². The molecule has 2 rings (SSSR count). The van der Waals surface area contributed by atoms with Gasteiger partial charge in [0, 0.05) is 5.56 Å². The number of aliphatic hydroxyl groups excluding tert-OH is 1. The molecule has 0 fully saturated rings. The van der Waals surface area contributed by atoms with Crippen molar-refractivity contribution in [2.75, 3.05) is 6.61 Å². The molecule has 19 heavy (non-hydrogen) atoms. The number of para-hydroxylation sites is 1. The average molecular weight is 256 g/mol. The third-order valence-corrected chi connectivity index (χ3v) is 2.50. The normalized spacial score (nSPS) is 9.58. The summed E-state index contributed by atoms with van der Waals surface area (Å²) in [6.07, 6.45) is 0. The highest BCUT2D eigenvalue weighted by Gasteiger charge is 2.01.